The molecule has 0 bridgehead atoms. The molecule has 2 rings (SSSR count). The van der Waals surface area contributed by atoms with E-state index in [9.17, 15) is 13.2 Å². The summed E-state index contributed by atoms with van der Waals surface area (Å²) in [7, 11) is 0. The third-order valence-corrected chi connectivity index (χ3v) is 3.97. The lowest BCUT2D eigenvalue weighted by atomic mass is 10.1. The molecule has 1 saturated carbocycles. The van der Waals surface area contributed by atoms with E-state index in [4.69, 9.17) is 4.74 Å². The van der Waals surface area contributed by atoms with Gasteiger partial charge in [-0.15, -0.1) is 0 Å². The fraction of sp³-hybridized carbons (Fsp3) is 1.00. The van der Waals surface area contributed by atoms with Gasteiger partial charge in [-0.1, -0.05) is 0 Å². The van der Waals surface area contributed by atoms with Gasteiger partial charge in [0.05, 0.1) is 18.6 Å². The van der Waals surface area contributed by atoms with E-state index in [1.807, 2.05) is 18.7 Å². The summed E-state index contributed by atoms with van der Waals surface area (Å²) < 4.78 is 43.4. The Morgan fingerprint density at radius 3 is 2.44 bits per heavy atom. The number of alkyl halides is 3. The molecule has 2 aliphatic rings. The molecule has 0 aromatic heterocycles. The van der Waals surface area contributed by atoms with Crippen molar-refractivity contribution in [3.05, 3.63) is 0 Å². The highest BCUT2D eigenvalue weighted by atomic mass is 19.4. The van der Waals surface area contributed by atoms with E-state index in [0.29, 0.717) is 13.2 Å². The van der Waals surface area contributed by atoms with Crippen LogP contribution < -0.4 is 0 Å². The Kier molecular flexibility index (Phi) is 3.93. The Bertz CT molecular complexity index is 286. The largest absolute Gasteiger partial charge is 0.393 e. The van der Waals surface area contributed by atoms with Crippen molar-refractivity contribution in [1.82, 2.24) is 4.90 Å². The predicted molar refractivity (Wildman–Crippen MR) is 63.4 cm³/mol. The van der Waals surface area contributed by atoms with Crippen LogP contribution in [0.25, 0.3) is 0 Å². The van der Waals surface area contributed by atoms with Crippen molar-refractivity contribution < 1.29 is 17.9 Å². The normalized spacial score (nSPS) is 28.0. The van der Waals surface area contributed by atoms with Crippen LogP contribution in [0.5, 0.6) is 0 Å². The fourth-order valence-corrected chi connectivity index (χ4v) is 2.59. The summed E-state index contributed by atoms with van der Waals surface area (Å²) in [6.45, 7) is 6.20. The SMILES string of the molecule is CC(C)OCC1(CN2CC[C@H](C(F)(F)F)C2)CC1. The van der Waals surface area contributed by atoms with E-state index in [-0.39, 0.29) is 24.5 Å². The second-order valence-corrected chi connectivity index (χ2v) is 6.12. The maximum atomic E-state index is 12.6. The maximum Gasteiger partial charge on any atom is 0.393 e. The van der Waals surface area contributed by atoms with E-state index in [2.05, 4.69) is 0 Å². The Balaban J connectivity index is 1.78. The van der Waals surface area contributed by atoms with E-state index in [1.165, 1.54) is 0 Å². The third kappa shape index (κ3) is 3.60. The average molecular weight is 265 g/mol. The van der Waals surface area contributed by atoms with E-state index >= 15 is 0 Å². The van der Waals surface area contributed by atoms with Crippen LogP contribution in [0.1, 0.15) is 33.1 Å². The number of hydrogen-bond donors (Lipinski definition) is 0. The summed E-state index contributed by atoms with van der Waals surface area (Å²) >= 11 is 0. The Morgan fingerprint density at radius 2 is 2.00 bits per heavy atom. The zero-order valence-corrected chi connectivity index (χ0v) is 11.1. The van der Waals surface area contributed by atoms with Crippen molar-refractivity contribution in [2.75, 3.05) is 26.2 Å². The lowest BCUT2D eigenvalue weighted by Gasteiger charge is -2.24. The average Bonchev–Trinajstić information content (AvgIpc) is 2.82. The molecule has 1 atom stereocenters. The standard InChI is InChI=1S/C13H22F3NO/c1-10(2)18-9-12(4-5-12)8-17-6-3-11(7-17)13(14,15)16/h10-11H,3-9H2,1-2H3/t11-/m0/s1. The van der Waals surface area contributed by atoms with Gasteiger partial charge in [-0.2, -0.15) is 13.2 Å². The van der Waals surface area contributed by atoms with Gasteiger partial charge in [-0.05, 0) is 39.7 Å². The zero-order valence-electron chi connectivity index (χ0n) is 11.1. The van der Waals surface area contributed by atoms with Crippen molar-refractivity contribution in [1.29, 1.82) is 0 Å². The summed E-state index contributed by atoms with van der Waals surface area (Å²) in [5, 5.41) is 0. The van der Waals surface area contributed by atoms with Crippen LogP contribution in [-0.2, 0) is 4.74 Å². The molecule has 1 aliphatic heterocycles. The minimum absolute atomic E-state index is 0.144. The third-order valence-electron chi connectivity index (χ3n) is 3.97. The van der Waals surface area contributed by atoms with Crippen LogP contribution >= 0.6 is 0 Å². The van der Waals surface area contributed by atoms with E-state index < -0.39 is 12.1 Å². The summed E-state index contributed by atoms with van der Waals surface area (Å²) in [5.41, 5.74) is 0.144. The molecule has 18 heavy (non-hydrogen) atoms. The second kappa shape index (κ2) is 5.00. The molecule has 2 nitrogen and oxygen atoms in total. The van der Waals surface area contributed by atoms with Crippen LogP contribution in [0.3, 0.4) is 0 Å². The molecule has 0 amide bonds. The molecule has 2 fully saturated rings. The van der Waals surface area contributed by atoms with E-state index in [1.54, 1.807) is 0 Å². The topological polar surface area (TPSA) is 12.5 Å². The van der Waals surface area contributed by atoms with Gasteiger partial charge in [0.1, 0.15) is 0 Å². The lowest BCUT2D eigenvalue weighted by Crippen LogP contribution is -2.33. The minimum atomic E-state index is -4.03. The molecule has 106 valence electrons. The van der Waals surface area contributed by atoms with Gasteiger partial charge >= 0.3 is 6.18 Å². The summed E-state index contributed by atoms with van der Waals surface area (Å²) in [6, 6.07) is 0. The monoisotopic (exact) mass is 265 g/mol. The Labute approximate surface area is 106 Å². The molecule has 0 N–H and O–H groups in total. The molecule has 1 aliphatic carbocycles. The van der Waals surface area contributed by atoms with Gasteiger partial charge < -0.3 is 9.64 Å². The van der Waals surface area contributed by atoms with E-state index in [0.717, 1.165) is 19.4 Å². The highest BCUT2D eigenvalue weighted by Crippen LogP contribution is 2.47. The highest BCUT2D eigenvalue weighted by molar-refractivity contribution is 4.97. The summed E-state index contributed by atoms with van der Waals surface area (Å²) in [6.07, 6.45) is -1.39. The molecule has 5 heteroatoms. The molecule has 0 aromatic carbocycles. The predicted octanol–water partition coefficient (Wildman–Crippen LogP) is 3.08. The molecule has 0 unspecified atom stereocenters. The second-order valence-electron chi connectivity index (χ2n) is 6.12. The number of hydrogen-bond acceptors (Lipinski definition) is 2. The number of nitrogens with zero attached hydrogens (tertiary/aromatic N) is 1. The smallest absolute Gasteiger partial charge is 0.378 e. The molecule has 1 saturated heterocycles. The minimum Gasteiger partial charge on any atom is -0.378 e. The van der Waals surface area contributed by atoms with Crippen molar-refractivity contribution in [3.63, 3.8) is 0 Å². The Hall–Kier alpha value is -0.290. The molecular formula is C13H22F3NO. The van der Waals surface area contributed by atoms with Gasteiger partial charge in [0.15, 0.2) is 0 Å². The van der Waals surface area contributed by atoms with Crippen molar-refractivity contribution in [3.8, 4) is 0 Å². The number of halogens is 3. The quantitative estimate of drug-likeness (QED) is 0.757. The van der Waals surface area contributed by atoms with Crippen molar-refractivity contribution >= 4 is 0 Å². The molecular weight excluding hydrogens is 243 g/mol. The zero-order chi connectivity index (χ0) is 13.4. The number of ether oxygens (including phenoxy) is 1. The van der Waals surface area contributed by atoms with Gasteiger partial charge in [0.2, 0.25) is 0 Å². The summed E-state index contributed by atoms with van der Waals surface area (Å²) in [5.74, 6) is -1.13. The van der Waals surface area contributed by atoms with Crippen LogP contribution in [-0.4, -0.2) is 43.4 Å². The first-order chi connectivity index (χ1) is 8.31. The van der Waals surface area contributed by atoms with Crippen LogP contribution in [0, 0.1) is 11.3 Å². The van der Waals surface area contributed by atoms with Crippen LogP contribution in [0.2, 0.25) is 0 Å². The number of likely N-dealkylation sites (tertiary alicyclic amines) is 1. The highest BCUT2D eigenvalue weighted by Gasteiger charge is 2.48. The van der Waals surface area contributed by atoms with Crippen molar-refractivity contribution in [2.24, 2.45) is 11.3 Å². The van der Waals surface area contributed by atoms with Gasteiger partial charge in [-0.25, -0.2) is 0 Å². The van der Waals surface area contributed by atoms with Gasteiger partial charge in [0.25, 0.3) is 0 Å². The molecule has 0 spiro atoms. The first-order valence-corrected chi connectivity index (χ1v) is 6.71. The first-order valence-electron chi connectivity index (χ1n) is 6.71. The van der Waals surface area contributed by atoms with Crippen LogP contribution in [0.4, 0.5) is 13.2 Å². The first kappa shape index (κ1) is 14.1. The molecule has 1 heterocycles. The fourth-order valence-electron chi connectivity index (χ4n) is 2.59. The van der Waals surface area contributed by atoms with Crippen LogP contribution in [0.15, 0.2) is 0 Å². The molecule has 0 aromatic rings. The van der Waals surface area contributed by atoms with Gasteiger partial charge in [0, 0.05) is 18.5 Å². The lowest BCUT2D eigenvalue weighted by molar-refractivity contribution is -0.170. The van der Waals surface area contributed by atoms with Gasteiger partial charge in [-0.3, -0.25) is 0 Å². The van der Waals surface area contributed by atoms with Crippen molar-refractivity contribution in [2.45, 2.75) is 45.4 Å². The maximum absolute atomic E-state index is 12.6. The molecule has 0 radical (unpaired) electrons. The number of rotatable bonds is 5. The summed E-state index contributed by atoms with van der Waals surface area (Å²) in [4.78, 5) is 1.97. The Morgan fingerprint density at radius 1 is 1.33 bits per heavy atom.